The summed E-state index contributed by atoms with van der Waals surface area (Å²) in [6, 6.07) is 3.95. The van der Waals surface area contributed by atoms with Crippen LogP contribution in [-0.2, 0) is 11.3 Å². The minimum Gasteiger partial charge on any atom is -0.341 e. The number of non-ortho nitro benzene ring substituents is 1. The zero-order valence-electron chi connectivity index (χ0n) is 13.3. The molecule has 1 aliphatic rings. The molecule has 126 valence electrons. The zero-order chi connectivity index (χ0) is 17.3. The van der Waals surface area contributed by atoms with Gasteiger partial charge in [-0.3, -0.25) is 24.3 Å². The van der Waals surface area contributed by atoms with Crippen molar-refractivity contribution in [2.75, 3.05) is 13.1 Å². The maximum atomic E-state index is 12.5. The van der Waals surface area contributed by atoms with E-state index in [1.165, 1.54) is 29.1 Å². The third-order valence-corrected chi connectivity index (χ3v) is 4.33. The molecule has 1 aromatic carbocycles. The van der Waals surface area contributed by atoms with Crippen molar-refractivity contribution in [3.63, 3.8) is 0 Å². The van der Waals surface area contributed by atoms with Gasteiger partial charge in [0, 0.05) is 25.2 Å². The van der Waals surface area contributed by atoms with Crippen LogP contribution in [0.4, 0.5) is 5.69 Å². The van der Waals surface area contributed by atoms with Gasteiger partial charge in [0.1, 0.15) is 6.54 Å². The summed E-state index contributed by atoms with van der Waals surface area (Å²) in [7, 11) is 0. The fourth-order valence-electron chi connectivity index (χ4n) is 3.03. The van der Waals surface area contributed by atoms with Gasteiger partial charge in [0.15, 0.2) is 0 Å². The lowest BCUT2D eigenvalue weighted by molar-refractivity contribution is -0.384. The Hall–Kier alpha value is -2.77. The number of amides is 1. The topological polar surface area (TPSA) is 98.3 Å². The highest BCUT2D eigenvalue weighted by atomic mass is 16.6. The Morgan fingerprint density at radius 1 is 1.46 bits per heavy atom. The molecule has 2 heterocycles. The van der Waals surface area contributed by atoms with Gasteiger partial charge in [0.05, 0.1) is 22.2 Å². The van der Waals surface area contributed by atoms with Crippen LogP contribution in [0.25, 0.3) is 10.9 Å². The van der Waals surface area contributed by atoms with E-state index >= 15 is 0 Å². The third-order valence-electron chi connectivity index (χ3n) is 4.33. The number of carbonyl (C=O) groups excluding carboxylic acids is 1. The number of likely N-dealkylation sites (tertiary alicyclic amines) is 1. The summed E-state index contributed by atoms with van der Waals surface area (Å²) in [6.07, 6.45) is 3.39. The average Bonchev–Trinajstić information content (AvgIpc) is 2.57. The Morgan fingerprint density at radius 2 is 2.25 bits per heavy atom. The lowest BCUT2D eigenvalue weighted by Gasteiger charge is -2.31. The summed E-state index contributed by atoms with van der Waals surface area (Å²) in [5.74, 6) is 0.326. The minimum atomic E-state index is -0.559. The van der Waals surface area contributed by atoms with Crippen LogP contribution in [0, 0.1) is 16.0 Å². The highest BCUT2D eigenvalue weighted by molar-refractivity contribution is 5.81. The lowest BCUT2D eigenvalue weighted by Crippen LogP contribution is -2.42. The molecule has 8 heteroatoms. The van der Waals surface area contributed by atoms with Crippen molar-refractivity contribution < 1.29 is 9.72 Å². The molecule has 0 saturated carbocycles. The van der Waals surface area contributed by atoms with E-state index in [4.69, 9.17) is 0 Å². The SMILES string of the molecule is C[C@@H]1CCCN(C(=O)Cn2cnc3ccc([N+](=O)[O-])cc3c2=O)C1. The second-order valence-corrected chi connectivity index (χ2v) is 6.22. The summed E-state index contributed by atoms with van der Waals surface area (Å²) in [6.45, 7) is 3.39. The van der Waals surface area contributed by atoms with Crippen molar-refractivity contribution in [2.45, 2.75) is 26.3 Å². The second kappa shape index (κ2) is 6.38. The Kier molecular flexibility index (Phi) is 4.28. The normalized spacial score (nSPS) is 17.9. The first-order valence-corrected chi connectivity index (χ1v) is 7.87. The average molecular weight is 330 g/mol. The molecule has 3 rings (SSSR count). The number of aromatic nitrogens is 2. The number of benzene rings is 1. The van der Waals surface area contributed by atoms with Crippen LogP contribution in [0.3, 0.4) is 0 Å². The van der Waals surface area contributed by atoms with Crippen molar-refractivity contribution in [2.24, 2.45) is 5.92 Å². The predicted molar refractivity (Wildman–Crippen MR) is 87.6 cm³/mol. The first-order chi connectivity index (χ1) is 11.5. The molecule has 1 fully saturated rings. The molecular formula is C16H18N4O4. The summed E-state index contributed by atoms with van der Waals surface area (Å²) < 4.78 is 1.22. The van der Waals surface area contributed by atoms with E-state index in [9.17, 15) is 19.7 Å². The Labute approximate surface area is 137 Å². The standard InChI is InChI=1S/C16H18N4O4/c1-11-3-2-6-18(8-11)15(21)9-19-10-17-14-5-4-12(20(23)24)7-13(14)16(19)22/h4-5,7,10-11H,2-3,6,8-9H2,1H3/t11-/m1/s1. The number of piperidine rings is 1. The van der Waals surface area contributed by atoms with E-state index in [2.05, 4.69) is 11.9 Å². The number of carbonyl (C=O) groups is 1. The third kappa shape index (κ3) is 3.12. The highest BCUT2D eigenvalue weighted by Gasteiger charge is 2.21. The lowest BCUT2D eigenvalue weighted by atomic mass is 10.0. The molecule has 1 saturated heterocycles. The molecule has 1 atom stereocenters. The highest BCUT2D eigenvalue weighted by Crippen LogP contribution is 2.17. The van der Waals surface area contributed by atoms with Crippen LogP contribution in [0.5, 0.6) is 0 Å². The molecule has 0 spiro atoms. The van der Waals surface area contributed by atoms with Crippen LogP contribution in [-0.4, -0.2) is 38.4 Å². The van der Waals surface area contributed by atoms with Gasteiger partial charge in [0.25, 0.3) is 11.2 Å². The molecular weight excluding hydrogens is 312 g/mol. The molecule has 0 aliphatic carbocycles. The first kappa shape index (κ1) is 16.1. The van der Waals surface area contributed by atoms with Gasteiger partial charge in [-0.05, 0) is 24.8 Å². The van der Waals surface area contributed by atoms with Crippen molar-refractivity contribution in [1.29, 1.82) is 0 Å². The van der Waals surface area contributed by atoms with Gasteiger partial charge in [-0.25, -0.2) is 4.98 Å². The quantitative estimate of drug-likeness (QED) is 0.628. The Bertz CT molecular complexity index is 861. The van der Waals surface area contributed by atoms with E-state index in [-0.39, 0.29) is 23.5 Å². The van der Waals surface area contributed by atoms with Crippen molar-refractivity contribution >= 4 is 22.5 Å². The number of rotatable bonds is 3. The Morgan fingerprint density at radius 3 is 2.96 bits per heavy atom. The zero-order valence-corrected chi connectivity index (χ0v) is 13.3. The van der Waals surface area contributed by atoms with Crippen molar-refractivity contribution in [1.82, 2.24) is 14.5 Å². The van der Waals surface area contributed by atoms with E-state index in [0.29, 0.717) is 24.5 Å². The van der Waals surface area contributed by atoms with Crippen LogP contribution in [0.1, 0.15) is 19.8 Å². The van der Waals surface area contributed by atoms with Gasteiger partial charge in [0.2, 0.25) is 5.91 Å². The van der Waals surface area contributed by atoms with Gasteiger partial charge in [-0.2, -0.15) is 0 Å². The maximum absolute atomic E-state index is 12.5. The van der Waals surface area contributed by atoms with Crippen LogP contribution in [0.15, 0.2) is 29.3 Å². The molecule has 8 nitrogen and oxygen atoms in total. The smallest absolute Gasteiger partial charge is 0.270 e. The summed E-state index contributed by atoms with van der Waals surface area (Å²) in [5, 5.41) is 11.0. The van der Waals surface area contributed by atoms with E-state index < -0.39 is 10.5 Å². The number of nitro benzene ring substituents is 1. The molecule has 24 heavy (non-hydrogen) atoms. The summed E-state index contributed by atoms with van der Waals surface area (Å²) >= 11 is 0. The number of fused-ring (bicyclic) bond motifs is 1. The summed E-state index contributed by atoms with van der Waals surface area (Å²) in [5.41, 5.74) is -0.238. The second-order valence-electron chi connectivity index (χ2n) is 6.22. The predicted octanol–water partition coefficient (Wildman–Crippen LogP) is 1.56. The van der Waals surface area contributed by atoms with Crippen molar-refractivity contribution in [3.8, 4) is 0 Å². The molecule has 1 aromatic heterocycles. The van der Waals surface area contributed by atoms with E-state index in [1.807, 2.05) is 0 Å². The van der Waals surface area contributed by atoms with Gasteiger partial charge < -0.3 is 4.90 Å². The van der Waals surface area contributed by atoms with Crippen LogP contribution in [0.2, 0.25) is 0 Å². The number of hydrogen-bond acceptors (Lipinski definition) is 5. The number of hydrogen-bond donors (Lipinski definition) is 0. The largest absolute Gasteiger partial charge is 0.341 e. The molecule has 0 radical (unpaired) electrons. The molecule has 0 unspecified atom stereocenters. The fraction of sp³-hybridized carbons (Fsp3) is 0.438. The van der Waals surface area contributed by atoms with Gasteiger partial charge in [-0.15, -0.1) is 0 Å². The van der Waals surface area contributed by atoms with Gasteiger partial charge >= 0.3 is 0 Å². The molecule has 1 amide bonds. The summed E-state index contributed by atoms with van der Waals surface area (Å²) in [4.78, 5) is 41.1. The van der Waals surface area contributed by atoms with Crippen molar-refractivity contribution in [3.05, 3.63) is 45.0 Å². The Balaban J connectivity index is 1.89. The maximum Gasteiger partial charge on any atom is 0.270 e. The molecule has 1 aliphatic heterocycles. The molecule has 0 N–H and O–H groups in total. The number of nitro groups is 1. The van der Waals surface area contributed by atoms with Crippen LogP contribution >= 0.6 is 0 Å². The minimum absolute atomic E-state index is 0.100. The number of nitrogens with zero attached hydrogens (tertiary/aromatic N) is 4. The van der Waals surface area contributed by atoms with Gasteiger partial charge in [-0.1, -0.05) is 6.92 Å². The first-order valence-electron chi connectivity index (χ1n) is 7.87. The molecule has 0 bridgehead atoms. The molecule has 2 aromatic rings. The van der Waals surface area contributed by atoms with Crippen LogP contribution < -0.4 is 5.56 Å². The van der Waals surface area contributed by atoms with E-state index in [0.717, 1.165) is 12.8 Å². The monoisotopic (exact) mass is 330 g/mol. The fourth-order valence-corrected chi connectivity index (χ4v) is 3.03. The van der Waals surface area contributed by atoms with E-state index in [1.54, 1.807) is 4.90 Å².